The molecule has 0 aliphatic rings. The first-order valence-corrected chi connectivity index (χ1v) is 4.33. The summed E-state index contributed by atoms with van der Waals surface area (Å²) in [6.45, 7) is 3.57. The first-order valence-electron chi connectivity index (χ1n) is 3.90. The van der Waals surface area contributed by atoms with Crippen LogP contribution in [0.25, 0.3) is 0 Å². The lowest BCUT2D eigenvalue weighted by Gasteiger charge is -2.06. The summed E-state index contributed by atoms with van der Waals surface area (Å²) in [5.41, 5.74) is -0.399. The second-order valence-corrected chi connectivity index (χ2v) is 2.51. The monoisotopic (exact) mass is 190 g/mol. The Hall–Kier alpha value is -0.450. The van der Waals surface area contributed by atoms with Crippen LogP contribution < -0.4 is 10.6 Å². The van der Waals surface area contributed by atoms with Crippen molar-refractivity contribution in [1.29, 1.82) is 5.41 Å². The van der Waals surface area contributed by atoms with Gasteiger partial charge in [-0.2, -0.15) is 0 Å². The molecule has 0 amide bonds. The highest BCUT2D eigenvalue weighted by molar-refractivity contribution is 6.20. The fourth-order valence-electron chi connectivity index (χ4n) is 0.540. The van der Waals surface area contributed by atoms with Crippen molar-refractivity contribution in [2.24, 2.45) is 4.99 Å². The molecule has 4 nitrogen and oxygen atoms in total. The molecule has 0 heterocycles. The fourth-order valence-corrected chi connectivity index (χ4v) is 0.697. The van der Waals surface area contributed by atoms with E-state index in [0.29, 0.717) is 13.1 Å². The van der Waals surface area contributed by atoms with E-state index in [2.05, 4.69) is 15.6 Å². The van der Waals surface area contributed by atoms with Gasteiger partial charge in [-0.25, -0.2) is 0 Å². The van der Waals surface area contributed by atoms with E-state index in [0.717, 1.165) is 6.54 Å². The molecule has 12 heavy (non-hydrogen) atoms. The molecule has 3 N–H and O–H groups in total. The van der Waals surface area contributed by atoms with Crippen molar-refractivity contribution >= 4 is 24.0 Å². The minimum Gasteiger partial charge on any atom is -0.313 e. The van der Waals surface area contributed by atoms with Crippen LogP contribution in [-0.2, 0) is 0 Å². The van der Waals surface area contributed by atoms with E-state index in [1.165, 1.54) is 6.21 Å². The summed E-state index contributed by atoms with van der Waals surface area (Å²) in [6.07, 6.45) is 3.42. The quantitative estimate of drug-likeness (QED) is 0.183. The predicted molar refractivity (Wildman–Crippen MR) is 53.2 cm³/mol. The van der Waals surface area contributed by atoms with Gasteiger partial charge in [0, 0.05) is 25.5 Å². The van der Waals surface area contributed by atoms with Crippen LogP contribution in [0.1, 0.15) is 13.3 Å². The Morgan fingerprint density at radius 1 is 1.67 bits per heavy atom. The van der Waals surface area contributed by atoms with Gasteiger partial charge >= 0.3 is 0 Å². The molecule has 0 rings (SSSR count). The van der Waals surface area contributed by atoms with Crippen LogP contribution in [0, 0.1) is 5.41 Å². The highest BCUT2D eigenvalue weighted by Crippen LogP contribution is 1.89. The van der Waals surface area contributed by atoms with E-state index < -0.39 is 5.62 Å². The summed E-state index contributed by atoms with van der Waals surface area (Å²) in [4.78, 5) is 3.92. The summed E-state index contributed by atoms with van der Waals surface area (Å²) >= 11 is 5.73. The number of rotatable bonds is 7. The largest absolute Gasteiger partial charge is 0.313 e. The van der Waals surface area contributed by atoms with E-state index in [9.17, 15) is 0 Å². The summed E-state index contributed by atoms with van der Waals surface area (Å²) in [5.74, 6) is 0. The van der Waals surface area contributed by atoms with Gasteiger partial charge in [0.1, 0.15) is 0 Å². The van der Waals surface area contributed by atoms with Crippen molar-refractivity contribution in [3.8, 4) is 0 Å². The molecule has 70 valence electrons. The average Bonchev–Trinajstić information content (AvgIpc) is 2.06. The number of nitrogens with zero attached hydrogens (tertiary/aromatic N) is 1. The van der Waals surface area contributed by atoms with Crippen LogP contribution in [0.2, 0.25) is 0 Å². The molecular weight excluding hydrogens is 176 g/mol. The van der Waals surface area contributed by atoms with Crippen LogP contribution in [0.5, 0.6) is 0 Å². The van der Waals surface area contributed by atoms with Gasteiger partial charge in [-0.05, 0) is 6.54 Å². The molecular formula is C7H15ClN4. The molecule has 1 atom stereocenters. The van der Waals surface area contributed by atoms with E-state index in [1.54, 1.807) is 6.21 Å². The number of nitrogens with one attached hydrogen (secondary N) is 3. The lowest BCUT2D eigenvalue weighted by atomic mass is 10.5. The van der Waals surface area contributed by atoms with Gasteiger partial charge in [0.25, 0.3) is 0 Å². The molecule has 0 aromatic carbocycles. The molecule has 1 unspecified atom stereocenters. The first-order chi connectivity index (χ1) is 5.81. The van der Waals surface area contributed by atoms with E-state index in [1.807, 2.05) is 6.92 Å². The van der Waals surface area contributed by atoms with Gasteiger partial charge in [-0.3, -0.25) is 10.3 Å². The Kier molecular flexibility index (Phi) is 8.32. The van der Waals surface area contributed by atoms with Gasteiger partial charge in [0.05, 0.1) is 0 Å². The lowest BCUT2D eigenvalue weighted by molar-refractivity contribution is 0.583. The SMILES string of the molecule is CCNCNC(Cl)N=CCC=N. The summed E-state index contributed by atoms with van der Waals surface area (Å²) in [7, 11) is 0. The maximum absolute atomic E-state index is 6.72. The van der Waals surface area contributed by atoms with Gasteiger partial charge < -0.3 is 10.7 Å². The Labute approximate surface area is 77.9 Å². The molecule has 0 fully saturated rings. The predicted octanol–water partition coefficient (Wildman–Crippen LogP) is 0.776. The Bertz CT molecular complexity index is 137. The number of hydrogen-bond donors (Lipinski definition) is 3. The maximum atomic E-state index is 6.72. The van der Waals surface area contributed by atoms with Gasteiger partial charge in [0.2, 0.25) is 0 Å². The maximum Gasteiger partial charge on any atom is 0.176 e. The third kappa shape index (κ3) is 7.65. The van der Waals surface area contributed by atoms with E-state index >= 15 is 0 Å². The number of halogens is 1. The second-order valence-electron chi connectivity index (χ2n) is 2.09. The third-order valence-electron chi connectivity index (χ3n) is 1.11. The minimum atomic E-state index is -0.399. The van der Waals surface area contributed by atoms with Crippen LogP contribution >= 0.6 is 11.6 Å². The summed E-state index contributed by atoms with van der Waals surface area (Å²) in [6, 6.07) is 0. The van der Waals surface area contributed by atoms with Crippen LogP contribution in [0.4, 0.5) is 0 Å². The number of aliphatic imine (C=N–C) groups is 1. The highest BCUT2D eigenvalue weighted by atomic mass is 35.5. The minimum absolute atomic E-state index is 0.399. The molecule has 0 aliphatic carbocycles. The highest BCUT2D eigenvalue weighted by Gasteiger charge is 1.95. The lowest BCUT2D eigenvalue weighted by Crippen LogP contribution is -2.33. The van der Waals surface area contributed by atoms with Crippen molar-refractivity contribution < 1.29 is 0 Å². The molecule has 0 spiro atoms. The van der Waals surface area contributed by atoms with Crippen molar-refractivity contribution in [2.75, 3.05) is 13.2 Å². The molecule has 0 saturated heterocycles. The normalized spacial score (nSPS) is 13.5. The fraction of sp³-hybridized carbons (Fsp3) is 0.714. The Morgan fingerprint density at radius 3 is 3.00 bits per heavy atom. The molecule has 0 aliphatic heterocycles. The van der Waals surface area contributed by atoms with Crippen molar-refractivity contribution in [3.63, 3.8) is 0 Å². The van der Waals surface area contributed by atoms with Crippen LogP contribution in [0.3, 0.4) is 0 Å². The molecule has 5 heteroatoms. The van der Waals surface area contributed by atoms with Crippen molar-refractivity contribution in [3.05, 3.63) is 0 Å². The van der Waals surface area contributed by atoms with Crippen LogP contribution in [0.15, 0.2) is 4.99 Å². The first kappa shape index (κ1) is 11.6. The molecule has 0 radical (unpaired) electrons. The zero-order chi connectivity index (χ0) is 9.23. The molecule has 0 aromatic heterocycles. The zero-order valence-corrected chi connectivity index (χ0v) is 7.93. The second kappa shape index (κ2) is 8.64. The van der Waals surface area contributed by atoms with Crippen molar-refractivity contribution in [2.45, 2.75) is 19.0 Å². The van der Waals surface area contributed by atoms with Gasteiger partial charge in [-0.15, -0.1) is 0 Å². The smallest absolute Gasteiger partial charge is 0.176 e. The number of alkyl halides is 1. The molecule has 0 saturated carbocycles. The topological polar surface area (TPSA) is 60.3 Å². The third-order valence-corrected chi connectivity index (χ3v) is 1.37. The van der Waals surface area contributed by atoms with Gasteiger partial charge in [0.15, 0.2) is 5.62 Å². The average molecular weight is 191 g/mol. The Balaban J connectivity index is 3.31. The zero-order valence-electron chi connectivity index (χ0n) is 7.18. The summed E-state index contributed by atoms with van der Waals surface area (Å²) < 4.78 is 0. The summed E-state index contributed by atoms with van der Waals surface area (Å²) in [5, 5.41) is 12.7. The van der Waals surface area contributed by atoms with Crippen molar-refractivity contribution in [1.82, 2.24) is 10.6 Å². The van der Waals surface area contributed by atoms with E-state index in [4.69, 9.17) is 17.0 Å². The van der Waals surface area contributed by atoms with Gasteiger partial charge in [-0.1, -0.05) is 18.5 Å². The molecule has 0 bridgehead atoms. The standard InChI is InChI=1S/C7H15ClN4/c1-2-10-6-12-7(8)11-5-3-4-9/h4-5,7,9-10,12H,2-3,6H2,1H3. The molecule has 0 aromatic rings. The van der Waals surface area contributed by atoms with Crippen LogP contribution in [-0.4, -0.2) is 31.3 Å². The Morgan fingerprint density at radius 2 is 2.42 bits per heavy atom. The van der Waals surface area contributed by atoms with E-state index in [-0.39, 0.29) is 0 Å². The number of hydrogen-bond acceptors (Lipinski definition) is 4.